The van der Waals surface area contributed by atoms with Gasteiger partial charge in [0.15, 0.2) is 0 Å². The predicted octanol–water partition coefficient (Wildman–Crippen LogP) is 2.13. The van der Waals surface area contributed by atoms with E-state index in [1.807, 2.05) is 27.1 Å². The van der Waals surface area contributed by atoms with Crippen LogP contribution in [0.1, 0.15) is 34.3 Å². The molecule has 0 atom stereocenters. The Bertz CT molecular complexity index is 615. The normalized spacial score (nSPS) is 11.1. The van der Waals surface area contributed by atoms with E-state index in [0.717, 1.165) is 23.6 Å². The van der Waals surface area contributed by atoms with Crippen molar-refractivity contribution >= 4 is 5.97 Å². The number of rotatable bonds is 6. The molecule has 0 aliphatic rings. The summed E-state index contributed by atoms with van der Waals surface area (Å²) in [5, 5.41) is 4.16. The van der Waals surface area contributed by atoms with E-state index in [-0.39, 0.29) is 5.97 Å². The van der Waals surface area contributed by atoms with Crippen molar-refractivity contribution in [3.05, 3.63) is 41.1 Å². The molecular formula is C15H21N3O3. The summed E-state index contributed by atoms with van der Waals surface area (Å²) in [5.74, 6) is 0.589. The van der Waals surface area contributed by atoms with E-state index in [1.165, 1.54) is 0 Å². The average molecular weight is 291 g/mol. The van der Waals surface area contributed by atoms with Gasteiger partial charge in [0.1, 0.15) is 11.3 Å². The zero-order valence-electron chi connectivity index (χ0n) is 12.9. The molecule has 0 saturated heterocycles. The van der Waals surface area contributed by atoms with E-state index >= 15 is 0 Å². The first-order chi connectivity index (χ1) is 10.0. The number of esters is 1. The second kappa shape index (κ2) is 6.58. The second-order valence-corrected chi connectivity index (χ2v) is 5.02. The van der Waals surface area contributed by atoms with Crippen LogP contribution < -0.4 is 0 Å². The highest BCUT2D eigenvalue weighted by Gasteiger charge is 2.18. The molecule has 2 rings (SSSR count). The lowest BCUT2D eigenvalue weighted by atomic mass is 10.2. The fraction of sp³-hybridized carbons (Fsp3) is 0.467. The van der Waals surface area contributed by atoms with Crippen LogP contribution in [0.25, 0.3) is 0 Å². The molecule has 114 valence electrons. The Hall–Kier alpha value is -2.08. The highest BCUT2D eigenvalue weighted by Crippen LogP contribution is 2.15. The molecule has 21 heavy (non-hydrogen) atoms. The van der Waals surface area contributed by atoms with Gasteiger partial charge in [-0.1, -0.05) is 0 Å². The van der Waals surface area contributed by atoms with Crippen LogP contribution in [0.4, 0.5) is 0 Å². The first-order valence-corrected chi connectivity index (χ1v) is 6.92. The number of carbonyl (C=O) groups is 1. The van der Waals surface area contributed by atoms with Gasteiger partial charge in [-0.05, 0) is 27.0 Å². The number of hydrogen-bond acceptors (Lipinski definition) is 5. The van der Waals surface area contributed by atoms with Crippen molar-refractivity contribution in [2.75, 3.05) is 13.7 Å². The molecule has 2 aromatic rings. The fourth-order valence-corrected chi connectivity index (χ4v) is 2.21. The van der Waals surface area contributed by atoms with E-state index in [1.54, 1.807) is 24.1 Å². The maximum absolute atomic E-state index is 11.9. The van der Waals surface area contributed by atoms with Crippen molar-refractivity contribution in [3.63, 3.8) is 0 Å². The third-order valence-electron chi connectivity index (χ3n) is 3.38. The van der Waals surface area contributed by atoms with Crippen molar-refractivity contribution in [2.24, 2.45) is 7.05 Å². The number of ether oxygens (including phenoxy) is 1. The Morgan fingerprint density at radius 2 is 2.24 bits per heavy atom. The fourth-order valence-electron chi connectivity index (χ4n) is 2.21. The summed E-state index contributed by atoms with van der Waals surface area (Å²) in [7, 11) is 3.82. The molecule has 0 N–H and O–H groups in total. The minimum atomic E-state index is -0.325. The SMILES string of the molecule is CCOC(=O)c1cnn(C)c1CN(C)Cc1ccoc1C. The largest absolute Gasteiger partial charge is 0.469 e. The maximum Gasteiger partial charge on any atom is 0.341 e. The first-order valence-electron chi connectivity index (χ1n) is 6.92. The molecule has 0 saturated carbocycles. The smallest absolute Gasteiger partial charge is 0.341 e. The van der Waals surface area contributed by atoms with Crippen LogP contribution in [0.2, 0.25) is 0 Å². The number of furan rings is 1. The highest BCUT2D eigenvalue weighted by atomic mass is 16.5. The standard InChI is InChI=1S/C15H21N3O3/c1-5-20-15(19)13-8-16-18(4)14(13)10-17(3)9-12-6-7-21-11(12)2/h6-8H,5,9-10H2,1-4H3. The van der Waals surface area contributed by atoms with Crippen molar-refractivity contribution in [1.82, 2.24) is 14.7 Å². The van der Waals surface area contributed by atoms with Crippen molar-refractivity contribution in [3.8, 4) is 0 Å². The van der Waals surface area contributed by atoms with E-state index in [4.69, 9.17) is 9.15 Å². The summed E-state index contributed by atoms with van der Waals surface area (Å²) < 4.78 is 12.1. The Morgan fingerprint density at radius 3 is 2.86 bits per heavy atom. The molecule has 0 aliphatic carbocycles. The Kier molecular flexibility index (Phi) is 4.80. The third-order valence-corrected chi connectivity index (χ3v) is 3.38. The molecule has 0 spiro atoms. The van der Waals surface area contributed by atoms with E-state index in [0.29, 0.717) is 18.7 Å². The van der Waals surface area contributed by atoms with Gasteiger partial charge in [-0.25, -0.2) is 4.79 Å². The van der Waals surface area contributed by atoms with Crippen LogP contribution >= 0.6 is 0 Å². The van der Waals surface area contributed by atoms with Crippen molar-refractivity contribution < 1.29 is 13.9 Å². The highest BCUT2D eigenvalue weighted by molar-refractivity contribution is 5.90. The van der Waals surface area contributed by atoms with Crippen LogP contribution in [-0.4, -0.2) is 34.3 Å². The molecule has 0 amide bonds. The molecule has 0 aliphatic heterocycles. The van der Waals surface area contributed by atoms with Crippen molar-refractivity contribution in [1.29, 1.82) is 0 Å². The number of aromatic nitrogens is 2. The summed E-state index contributed by atoms with van der Waals surface area (Å²) in [5.41, 5.74) is 2.50. The van der Waals surface area contributed by atoms with Crippen LogP contribution in [0.5, 0.6) is 0 Å². The van der Waals surface area contributed by atoms with Gasteiger partial charge in [0, 0.05) is 25.7 Å². The van der Waals surface area contributed by atoms with Crippen molar-refractivity contribution in [2.45, 2.75) is 26.9 Å². The Balaban J connectivity index is 2.10. The minimum absolute atomic E-state index is 0.325. The van der Waals surface area contributed by atoms with Gasteiger partial charge in [-0.2, -0.15) is 5.10 Å². The molecule has 6 heteroatoms. The van der Waals surface area contributed by atoms with Gasteiger partial charge in [-0.15, -0.1) is 0 Å². The molecule has 6 nitrogen and oxygen atoms in total. The quantitative estimate of drug-likeness (QED) is 0.763. The summed E-state index contributed by atoms with van der Waals surface area (Å²) in [6.07, 6.45) is 3.25. The maximum atomic E-state index is 11.9. The van der Waals surface area contributed by atoms with Gasteiger partial charge in [0.25, 0.3) is 0 Å². The second-order valence-electron chi connectivity index (χ2n) is 5.02. The third kappa shape index (κ3) is 3.52. The van der Waals surface area contributed by atoms with Crippen LogP contribution in [-0.2, 0) is 24.9 Å². The van der Waals surface area contributed by atoms with Gasteiger partial charge in [0.2, 0.25) is 0 Å². The lowest BCUT2D eigenvalue weighted by molar-refractivity contribution is 0.0524. The number of carbonyl (C=O) groups excluding carboxylic acids is 1. The van der Waals surface area contributed by atoms with E-state index in [2.05, 4.69) is 10.00 Å². The molecule has 0 radical (unpaired) electrons. The Morgan fingerprint density at radius 1 is 1.48 bits per heavy atom. The van der Waals surface area contributed by atoms with Gasteiger partial charge in [-0.3, -0.25) is 9.58 Å². The summed E-state index contributed by atoms with van der Waals surface area (Å²) in [6, 6.07) is 1.96. The number of nitrogens with zero attached hydrogens (tertiary/aromatic N) is 3. The predicted molar refractivity (Wildman–Crippen MR) is 77.8 cm³/mol. The van der Waals surface area contributed by atoms with E-state index in [9.17, 15) is 4.79 Å². The zero-order valence-corrected chi connectivity index (χ0v) is 12.9. The monoisotopic (exact) mass is 291 g/mol. The first kappa shape index (κ1) is 15.3. The van der Waals surface area contributed by atoms with Crippen LogP contribution in [0, 0.1) is 6.92 Å². The molecular weight excluding hydrogens is 270 g/mol. The van der Waals surface area contributed by atoms with E-state index < -0.39 is 0 Å². The molecule has 0 unspecified atom stereocenters. The number of aryl methyl sites for hydroxylation is 2. The Labute approximate surface area is 124 Å². The molecule has 0 fully saturated rings. The molecule has 0 bridgehead atoms. The van der Waals surface area contributed by atoms with Crippen LogP contribution in [0.3, 0.4) is 0 Å². The number of hydrogen-bond donors (Lipinski definition) is 0. The molecule has 2 heterocycles. The minimum Gasteiger partial charge on any atom is -0.469 e. The summed E-state index contributed by atoms with van der Waals surface area (Å²) in [4.78, 5) is 14.0. The summed E-state index contributed by atoms with van der Waals surface area (Å²) in [6.45, 7) is 5.45. The van der Waals surface area contributed by atoms with Gasteiger partial charge < -0.3 is 9.15 Å². The molecule has 2 aromatic heterocycles. The lowest BCUT2D eigenvalue weighted by Gasteiger charge is -2.17. The van der Waals surface area contributed by atoms with Gasteiger partial charge >= 0.3 is 5.97 Å². The van der Waals surface area contributed by atoms with Crippen LogP contribution in [0.15, 0.2) is 22.9 Å². The lowest BCUT2D eigenvalue weighted by Crippen LogP contribution is -2.21. The average Bonchev–Trinajstić information content (AvgIpc) is 2.98. The summed E-state index contributed by atoms with van der Waals surface area (Å²) >= 11 is 0. The van der Waals surface area contributed by atoms with Gasteiger partial charge in [0.05, 0.1) is 24.8 Å². The topological polar surface area (TPSA) is 60.5 Å². The molecule has 0 aromatic carbocycles. The zero-order chi connectivity index (χ0) is 15.4.